The quantitative estimate of drug-likeness (QED) is 0.562. The molecule has 0 saturated heterocycles. The third-order valence-corrected chi connectivity index (χ3v) is 7.84. The van der Waals surface area contributed by atoms with E-state index in [0.717, 1.165) is 54.7 Å². The lowest BCUT2D eigenvalue weighted by atomic mass is 9.99. The third-order valence-electron chi connectivity index (χ3n) is 6.61. The van der Waals surface area contributed by atoms with Gasteiger partial charge < -0.3 is 10.2 Å². The summed E-state index contributed by atoms with van der Waals surface area (Å²) < 4.78 is 14.9. The molecule has 1 amide bonds. The van der Waals surface area contributed by atoms with Crippen LogP contribution in [0, 0.1) is 0 Å². The zero-order valence-corrected chi connectivity index (χ0v) is 19.3. The fraction of sp³-hybridized carbons (Fsp3) is 0.348. The molecule has 2 aliphatic carbocycles. The van der Waals surface area contributed by atoms with Crippen LogP contribution in [0.15, 0.2) is 34.3 Å². The Labute approximate surface area is 194 Å². The van der Waals surface area contributed by atoms with Gasteiger partial charge in [-0.1, -0.05) is 12.1 Å². The van der Waals surface area contributed by atoms with Gasteiger partial charge in [0.1, 0.15) is 0 Å². The van der Waals surface area contributed by atoms with Gasteiger partial charge in [0.15, 0.2) is 12.3 Å². The number of aromatic nitrogens is 3. The van der Waals surface area contributed by atoms with Crippen LogP contribution in [0.2, 0.25) is 0 Å². The van der Waals surface area contributed by atoms with E-state index >= 15 is 0 Å². The van der Waals surface area contributed by atoms with Crippen molar-refractivity contribution < 1.29 is 8.68 Å². The van der Waals surface area contributed by atoms with Crippen LogP contribution in [-0.4, -0.2) is 32.0 Å². The van der Waals surface area contributed by atoms with Gasteiger partial charge in [-0.3, -0.25) is 4.79 Å². The molecular formula is C23H22FN5OS2. The zero-order valence-electron chi connectivity index (χ0n) is 17.7. The molecule has 0 radical (unpaired) electrons. The van der Waals surface area contributed by atoms with E-state index in [4.69, 9.17) is 0 Å². The van der Waals surface area contributed by atoms with Gasteiger partial charge in [0.25, 0.3) is 5.91 Å². The third kappa shape index (κ3) is 3.29. The maximum Gasteiger partial charge on any atom is 0.254 e. The molecule has 0 fully saturated rings. The molecule has 0 unspecified atom stereocenters. The number of nitrogens with one attached hydrogen (secondary N) is 1. The molecule has 1 N–H and O–H groups in total. The summed E-state index contributed by atoms with van der Waals surface area (Å²) in [4.78, 5) is 19.5. The van der Waals surface area contributed by atoms with Gasteiger partial charge in [-0.15, -0.1) is 13.1 Å². The van der Waals surface area contributed by atoms with Crippen molar-refractivity contribution in [2.24, 2.45) is 0 Å². The average Bonchev–Trinajstić information content (AvgIpc) is 3.56. The Morgan fingerprint density at radius 3 is 2.50 bits per heavy atom. The summed E-state index contributed by atoms with van der Waals surface area (Å²) in [5.41, 5.74) is 8.36. The maximum absolute atomic E-state index is 13.7. The minimum absolute atomic E-state index is 0.0226. The molecular weight excluding hydrogens is 445 g/mol. The van der Waals surface area contributed by atoms with E-state index in [0.29, 0.717) is 23.2 Å². The van der Waals surface area contributed by atoms with Crippen molar-refractivity contribution in [1.82, 2.24) is 19.1 Å². The molecule has 32 heavy (non-hydrogen) atoms. The molecule has 0 spiro atoms. The first-order valence-electron chi connectivity index (χ1n) is 10.9. The topological polar surface area (TPSA) is 63.1 Å². The number of carbonyl (C=O) groups excluding carboxylic acids is 1. The van der Waals surface area contributed by atoms with Crippen LogP contribution in [0.5, 0.6) is 0 Å². The summed E-state index contributed by atoms with van der Waals surface area (Å²) in [5.74, 6) is 0.417. The van der Waals surface area contributed by atoms with Crippen molar-refractivity contribution >= 4 is 41.6 Å². The van der Waals surface area contributed by atoms with Crippen LogP contribution in [0.25, 0.3) is 0 Å². The fourth-order valence-corrected chi connectivity index (χ4v) is 6.21. The second kappa shape index (κ2) is 7.81. The van der Waals surface area contributed by atoms with Gasteiger partial charge in [-0.25, -0.2) is 0 Å². The number of aryl methyl sites for hydroxylation is 2. The van der Waals surface area contributed by atoms with E-state index in [9.17, 15) is 8.68 Å². The highest BCUT2D eigenvalue weighted by molar-refractivity contribution is 7.99. The normalized spacial score (nSPS) is 16.4. The predicted octanol–water partition coefficient (Wildman–Crippen LogP) is 5.12. The number of hydrogen-bond acceptors (Lipinski definition) is 6. The van der Waals surface area contributed by atoms with Crippen LogP contribution < -0.4 is 5.32 Å². The Balaban J connectivity index is 1.31. The first-order valence-corrected chi connectivity index (χ1v) is 12.4. The van der Waals surface area contributed by atoms with Gasteiger partial charge in [-0.2, -0.15) is 4.98 Å². The number of rotatable bonds is 5. The predicted molar refractivity (Wildman–Crippen MR) is 124 cm³/mol. The lowest BCUT2D eigenvalue weighted by Crippen LogP contribution is -2.17. The Bertz CT molecular complexity index is 1230. The van der Waals surface area contributed by atoms with Gasteiger partial charge in [0.05, 0.1) is 0 Å². The Morgan fingerprint density at radius 1 is 1.03 bits per heavy atom. The number of carbonyl (C=O) groups is 1. The lowest BCUT2D eigenvalue weighted by molar-refractivity contribution is 0.0816. The van der Waals surface area contributed by atoms with E-state index in [-0.39, 0.29) is 18.2 Å². The minimum Gasteiger partial charge on any atom is -0.337 e. The minimum atomic E-state index is 0.0226. The van der Waals surface area contributed by atoms with Gasteiger partial charge in [0.2, 0.25) is 11.1 Å². The number of anilines is 2. The molecule has 2 heterocycles. The van der Waals surface area contributed by atoms with Crippen LogP contribution in [-0.2, 0) is 32.2 Å². The molecule has 2 aromatic carbocycles. The summed E-state index contributed by atoms with van der Waals surface area (Å²) in [6.07, 6.45) is 6.61. The average molecular weight is 468 g/mol. The largest absolute Gasteiger partial charge is 0.337 e. The monoisotopic (exact) mass is 467 g/mol. The highest BCUT2D eigenvalue weighted by atomic mass is 32.2. The second-order valence-corrected chi connectivity index (χ2v) is 10.1. The Kier molecular flexibility index (Phi) is 4.91. The van der Waals surface area contributed by atoms with E-state index in [1.807, 2.05) is 18.2 Å². The van der Waals surface area contributed by atoms with Crippen molar-refractivity contribution in [2.75, 3.05) is 12.4 Å². The number of hydrogen-bond donors (Lipinski definition) is 1. The molecule has 0 saturated carbocycles. The van der Waals surface area contributed by atoms with Crippen LogP contribution in [0.3, 0.4) is 0 Å². The smallest absolute Gasteiger partial charge is 0.254 e. The van der Waals surface area contributed by atoms with Gasteiger partial charge in [0, 0.05) is 29.7 Å². The number of amides is 1. The fourth-order valence-electron chi connectivity index (χ4n) is 5.12. The van der Waals surface area contributed by atoms with Crippen LogP contribution in [0.4, 0.5) is 15.5 Å². The first kappa shape index (κ1) is 20.1. The summed E-state index contributed by atoms with van der Waals surface area (Å²) in [5, 5.41) is 8.22. The standard InChI is InChI=1S/C23H22FN5OS2/c1-28-12-15-8-9-16(11-19(15)21(28)30)31-23-26-22(29(27-23)32-24)25-20-17-6-2-4-13(17)10-14-5-3-7-18(14)20/h8-11H,2-7,12H2,1H3,(H,25,26,27). The van der Waals surface area contributed by atoms with Crippen molar-refractivity contribution in [3.8, 4) is 0 Å². The molecule has 6 nitrogen and oxygen atoms in total. The zero-order chi connectivity index (χ0) is 21.8. The van der Waals surface area contributed by atoms with Crippen molar-refractivity contribution in [1.29, 1.82) is 0 Å². The van der Waals surface area contributed by atoms with Gasteiger partial charge >= 0.3 is 0 Å². The lowest BCUT2D eigenvalue weighted by Gasteiger charge is -2.16. The molecule has 164 valence electrons. The second-order valence-electron chi connectivity index (χ2n) is 8.60. The molecule has 1 aliphatic heterocycles. The molecule has 9 heteroatoms. The van der Waals surface area contributed by atoms with Gasteiger partial charge in [-0.05, 0) is 90.2 Å². The molecule has 0 atom stereocenters. The molecule has 3 aromatic rings. The molecule has 0 bridgehead atoms. The molecule has 1 aromatic heterocycles. The highest BCUT2D eigenvalue weighted by Crippen LogP contribution is 2.40. The summed E-state index contributed by atoms with van der Waals surface area (Å²) >= 11 is 1.37. The number of halogens is 1. The van der Waals surface area contributed by atoms with Crippen LogP contribution in [0.1, 0.15) is 51.0 Å². The Hall–Kier alpha value is -2.52. The van der Waals surface area contributed by atoms with Crippen molar-refractivity contribution in [2.45, 2.75) is 55.1 Å². The molecule has 6 rings (SSSR count). The summed E-state index contributed by atoms with van der Waals surface area (Å²) in [7, 11) is 1.80. The number of nitrogens with zero attached hydrogens (tertiary/aromatic N) is 4. The maximum atomic E-state index is 13.7. The molecule has 3 aliphatic rings. The Morgan fingerprint density at radius 2 is 1.78 bits per heavy atom. The van der Waals surface area contributed by atoms with Crippen molar-refractivity contribution in [3.05, 3.63) is 57.6 Å². The summed E-state index contributed by atoms with van der Waals surface area (Å²) in [6.45, 7) is 0.629. The van der Waals surface area contributed by atoms with E-state index in [1.165, 1.54) is 38.1 Å². The van der Waals surface area contributed by atoms with E-state index in [2.05, 4.69) is 21.5 Å². The highest BCUT2D eigenvalue weighted by Gasteiger charge is 2.27. The number of benzene rings is 2. The number of fused-ring (bicyclic) bond motifs is 3. The van der Waals surface area contributed by atoms with E-state index < -0.39 is 0 Å². The first-order chi connectivity index (χ1) is 15.6. The van der Waals surface area contributed by atoms with Crippen molar-refractivity contribution in [3.63, 3.8) is 0 Å². The van der Waals surface area contributed by atoms with E-state index in [1.54, 1.807) is 11.9 Å². The SMILES string of the molecule is CN1Cc2ccc(Sc3nc(Nc4c5c(cc6c4CCC6)CCC5)n(SF)n3)cc2C1=O. The summed E-state index contributed by atoms with van der Waals surface area (Å²) in [6, 6.07) is 8.18. The van der Waals surface area contributed by atoms with Crippen LogP contribution >= 0.6 is 24.1 Å².